The van der Waals surface area contributed by atoms with Crippen LogP contribution in [0.4, 0.5) is 0 Å². The van der Waals surface area contributed by atoms with Gasteiger partial charge in [0.2, 0.25) is 0 Å². The third-order valence-corrected chi connectivity index (χ3v) is 3.36. The third-order valence-electron chi connectivity index (χ3n) is 3.36. The first kappa shape index (κ1) is 11.1. The van der Waals surface area contributed by atoms with Crippen molar-refractivity contribution in [3.8, 4) is 0 Å². The number of hydrogen-bond donors (Lipinski definition) is 1. The summed E-state index contributed by atoms with van der Waals surface area (Å²) in [6, 6.07) is 0. The van der Waals surface area contributed by atoms with Crippen LogP contribution in [0.2, 0.25) is 0 Å². The molecule has 0 spiro atoms. The lowest BCUT2D eigenvalue weighted by Gasteiger charge is -2.44. The van der Waals surface area contributed by atoms with E-state index < -0.39 is 11.9 Å². The zero-order valence-electron chi connectivity index (χ0n) is 9.48. The highest BCUT2D eigenvalue weighted by Crippen LogP contribution is 2.41. The molecule has 1 N–H and O–H groups in total. The number of rotatable bonds is 2. The van der Waals surface area contributed by atoms with E-state index in [2.05, 4.69) is 6.58 Å². The number of aliphatic hydroxyl groups excluding tert-OH is 1. The van der Waals surface area contributed by atoms with E-state index in [-0.39, 0.29) is 12.2 Å². The fourth-order valence-corrected chi connectivity index (χ4v) is 2.74. The fraction of sp³-hybridized carbons (Fsp3) is 0.833. The molecule has 0 bridgehead atoms. The summed E-state index contributed by atoms with van der Waals surface area (Å²) >= 11 is 0. The maximum atomic E-state index is 9.86. The fourth-order valence-electron chi connectivity index (χ4n) is 2.74. The van der Waals surface area contributed by atoms with Crippen molar-refractivity contribution in [1.82, 2.24) is 0 Å². The molecule has 0 amide bonds. The van der Waals surface area contributed by atoms with E-state index in [1.165, 1.54) is 0 Å². The largest absolute Gasteiger partial charge is 0.386 e. The second-order valence-corrected chi connectivity index (χ2v) is 4.96. The lowest BCUT2D eigenvalue weighted by molar-refractivity contribution is -0.325. The summed E-state index contributed by atoms with van der Waals surface area (Å²) in [7, 11) is 0. The minimum absolute atomic E-state index is 0.154. The average molecular weight is 212 g/mol. The summed E-state index contributed by atoms with van der Waals surface area (Å²) in [5.74, 6) is -0.258. The van der Waals surface area contributed by atoms with Crippen LogP contribution in [0.5, 0.6) is 0 Å². The third kappa shape index (κ3) is 2.10. The van der Waals surface area contributed by atoms with E-state index in [0.717, 1.165) is 19.3 Å². The molecule has 0 aromatic rings. The second kappa shape index (κ2) is 3.89. The Bertz CT molecular complexity index is 249. The van der Waals surface area contributed by atoms with Gasteiger partial charge in [-0.2, -0.15) is 0 Å². The Balaban J connectivity index is 2.16. The summed E-state index contributed by atoms with van der Waals surface area (Å²) in [6.07, 6.45) is 4.39. The van der Waals surface area contributed by atoms with Crippen LogP contribution in [0, 0.1) is 5.92 Å². The SMILES string of the molecule is C=C[C@H](O)[C@H]1OC(C)(C)O[C@@H]2CCC[C@H]12. The molecule has 3 heteroatoms. The van der Waals surface area contributed by atoms with Gasteiger partial charge in [0.15, 0.2) is 5.79 Å². The van der Waals surface area contributed by atoms with E-state index in [1.54, 1.807) is 6.08 Å². The van der Waals surface area contributed by atoms with Gasteiger partial charge in [-0.3, -0.25) is 0 Å². The Hall–Kier alpha value is -0.380. The summed E-state index contributed by atoms with van der Waals surface area (Å²) in [5, 5.41) is 9.86. The Morgan fingerprint density at radius 3 is 2.80 bits per heavy atom. The number of ether oxygens (including phenoxy) is 2. The minimum Gasteiger partial charge on any atom is -0.386 e. The zero-order valence-corrected chi connectivity index (χ0v) is 9.48. The smallest absolute Gasteiger partial charge is 0.163 e. The standard InChI is InChI=1S/C12H20O3/c1-4-9(13)11-8-6-5-7-10(8)14-12(2,3)15-11/h4,8-11,13H,1,5-7H2,2-3H3/t8-,9-,10+,11-/m0/s1. The van der Waals surface area contributed by atoms with Crippen LogP contribution in [0.15, 0.2) is 12.7 Å². The highest BCUT2D eigenvalue weighted by atomic mass is 16.7. The van der Waals surface area contributed by atoms with Crippen LogP contribution < -0.4 is 0 Å². The first-order valence-corrected chi connectivity index (χ1v) is 5.70. The molecule has 2 rings (SSSR count). The first-order chi connectivity index (χ1) is 7.03. The lowest BCUT2D eigenvalue weighted by atomic mass is 9.92. The van der Waals surface area contributed by atoms with Gasteiger partial charge in [-0.05, 0) is 26.7 Å². The lowest BCUT2D eigenvalue weighted by Crippen LogP contribution is -2.52. The highest BCUT2D eigenvalue weighted by Gasteiger charge is 2.47. The van der Waals surface area contributed by atoms with Crippen molar-refractivity contribution in [1.29, 1.82) is 0 Å². The van der Waals surface area contributed by atoms with Crippen LogP contribution in [-0.4, -0.2) is 29.2 Å². The van der Waals surface area contributed by atoms with Crippen molar-refractivity contribution in [2.24, 2.45) is 5.92 Å². The van der Waals surface area contributed by atoms with Gasteiger partial charge in [-0.25, -0.2) is 0 Å². The molecule has 0 aromatic heterocycles. The van der Waals surface area contributed by atoms with Crippen molar-refractivity contribution in [2.75, 3.05) is 0 Å². The van der Waals surface area contributed by atoms with E-state index in [9.17, 15) is 5.11 Å². The van der Waals surface area contributed by atoms with Crippen LogP contribution in [0.3, 0.4) is 0 Å². The van der Waals surface area contributed by atoms with Gasteiger partial charge in [0, 0.05) is 5.92 Å². The van der Waals surface area contributed by atoms with Gasteiger partial charge in [0.05, 0.1) is 18.3 Å². The summed E-state index contributed by atoms with van der Waals surface area (Å²) in [4.78, 5) is 0. The maximum absolute atomic E-state index is 9.86. The number of fused-ring (bicyclic) bond motifs is 1. The summed E-state index contributed by atoms with van der Waals surface area (Å²) in [6.45, 7) is 7.44. The normalized spacial score (nSPS) is 40.9. The van der Waals surface area contributed by atoms with Crippen molar-refractivity contribution in [2.45, 2.75) is 57.2 Å². The molecule has 0 radical (unpaired) electrons. The van der Waals surface area contributed by atoms with Crippen LogP contribution >= 0.6 is 0 Å². The van der Waals surface area contributed by atoms with Gasteiger partial charge in [-0.15, -0.1) is 6.58 Å². The highest BCUT2D eigenvalue weighted by molar-refractivity contribution is 4.97. The van der Waals surface area contributed by atoms with E-state index in [0.29, 0.717) is 5.92 Å². The predicted molar refractivity (Wildman–Crippen MR) is 57.4 cm³/mol. The Kier molecular flexibility index (Phi) is 2.88. The van der Waals surface area contributed by atoms with Crippen molar-refractivity contribution in [3.05, 3.63) is 12.7 Å². The molecular formula is C12H20O3. The van der Waals surface area contributed by atoms with Crippen molar-refractivity contribution < 1.29 is 14.6 Å². The Labute approximate surface area is 91.1 Å². The number of hydrogen-bond acceptors (Lipinski definition) is 3. The average Bonchev–Trinajstić information content (AvgIpc) is 2.61. The second-order valence-electron chi connectivity index (χ2n) is 4.96. The molecule has 1 saturated carbocycles. The van der Waals surface area contributed by atoms with Crippen LogP contribution in [-0.2, 0) is 9.47 Å². The van der Waals surface area contributed by atoms with Gasteiger partial charge in [0.25, 0.3) is 0 Å². The molecule has 0 unspecified atom stereocenters. The Morgan fingerprint density at radius 2 is 2.13 bits per heavy atom. The quantitative estimate of drug-likeness (QED) is 0.710. The molecule has 3 nitrogen and oxygen atoms in total. The zero-order chi connectivity index (χ0) is 11.1. The van der Waals surface area contributed by atoms with Gasteiger partial charge in [-0.1, -0.05) is 12.5 Å². The molecular weight excluding hydrogens is 192 g/mol. The molecule has 1 aliphatic carbocycles. The molecule has 4 atom stereocenters. The molecule has 86 valence electrons. The van der Waals surface area contributed by atoms with Gasteiger partial charge >= 0.3 is 0 Å². The molecule has 1 aliphatic heterocycles. The molecule has 15 heavy (non-hydrogen) atoms. The Morgan fingerprint density at radius 1 is 1.40 bits per heavy atom. The molecule has 1 saturated heterocycles. The van der Waals surface area contributed by atoms with E-state index >= 15 is 0 Å². The van der Waals surface area contributed by atoms with E-state index in [1.807, 2.05) is 13.8 Å². The molecule has 2 aliphatic rings. The number of aliphatic hydroxyl groups is 1. The first-order valence-electron chi connectivity index (χ1n) is 5.70. The molecule has 0 aromatic carbocycles. The van der Waals surface area contributed by atoms with E-state index in [4.69, 9.17) is 9.47 Å². The van der Waals surface area contributed by atoms with Crippen LogP contribution in [0.25, 0.3) is 0 Å². The molecule has 2 fully saturated rings. The van der Waals surface area contributed by atoms with Crippen molar-refractivity contribution >= 4 is 0 Å². The van der Waals surface area contributed by atoms with Crippen molar-refractivity contribution in [3.63, 3.8) is 0 Å². The van der Waals surface area contributed by atoms with Gasteiger partial charge in [0.1, 0.15) is 0 Å². The van der Waals surface area contributed by atoms with Crippen LogP contribution in [0.1, 0.15) is 33.1 Å². The topological polar surface area (TPSA) is 38.7 Å². The monoisotopic (exact) mass is 212 g/mol. The maximum Gasteiger partial charge on any atom is 0.163 e. The minimum atomic E-state index is -0.584. The summed E-state index contributed by atoms with van der Waals surface area (Å²) in [5.41, 5.74) is 0. The predicted octanol–water partition coefficient (Wildman–Crippen LogP) is 1.85. The summed E-state index contributed by atoms with van der Waals surface area (Å²) < 4.78 is 11.7. The molecule has 1 heterocycles. The van der Waals surface area contributed by atoms with Gasteiger partial charge < -0.3 is 14.6 Å².